The molecule has 1 fully saturated rings. The molecule has 1 aliphatic heterocycles. The van der Waals surface area contributed by atoms with Crippen molar-refractivity contribution < 1.29 is 18.4 Å². The van der Waals surface area contributed by atoms with Crippen LogP contribution in [-0.2, 0) is 4.79 Å². The van der Waals surface area contributed by atoms with Gasteiger partial charge in [-0.1, -0.05) is 23.1 Å². The molecule has 1 unspecified atom stereocenters. The van der Waals surface area contributed by atoms with Crippen molar-refractivity contribution in [3.63, 3.8) is 0 Å². The van der Waals surface area contributed by atoms with Crippen LogP contribution >= 0.6 is 23.1 Å². The van der Waals surface area contributed by atoms with E-state index in [9.17, 15) is 18.4 Å². The van der Waals surface area contributed by atoms with Crippen molar-refractivity contribution in [2.45, 2.75) is 24.1 Å². The lowest BCUT2D eigenvalue weighted by Gasteiger charge is -2.32. The van der Waals surface area contributed by atoms with Crippen molar-refractivity contribution in [3.8, 4) is 0 Å². The third-order valence-corrected chi connectivity index (χ3v) is 6.12. The number of carbonyl (C=O) groups excluding carboxylic acids is 2. The minimum atomic E-state index is -0.734. The second kappa shape index (κ2) is 8.22. The number of rotatable bonds is 5. The van der Waals surface area contributed by atoms with E-state index in [4.69, 9.17) is 0 Å². The van der Waals surface area contributed by atoms with Crippen molar-refractivity contribution in [3.05, 3.63) is 40.4 Å². The summed E-state index contributed by atoms with van der Waals surface area (Å²) in [6, 6.07) is 2.86. The van der Waals surface area contributed by atoms with E-state index in [-0.39, 0.29) is 23.8 Å². The number of hydrogen-bond donors (Lipinski definition) is 0. The van der Waals surface area contributed by atoms with E-state index in [1.807, 2.05) is 6.92 Å². The van der Waals surface area contributed by atoms with E-state index < -0.39 is 23.3 Å². The van der Waals surface area contributed by atoms with Crippen LogP contribution in [0.25, 0.3) is 0 Å². The SMILES string of the molecule is Cc1nnc(SCC(=O)N2CCCC(C(=O)c3cc(F)ccc3F)C2)s1. The fourth-order valence-corrected chi connectivity index (χ4v) is 4.59. The van der Waals surface area contributed by atoms with Gasteiger partial charge < -0.3 is 4.90 Å². The van der Waals surface area contributed by atoms with E-state index in [2.05, 4.69) is 10.2 Å². The number of hydrogen-bond acceptors (Lipinski definition) is 6. The van der Waals surface area contributed by atoms with Crippen LogP contribution in [0.1, 0.15) is 28.2 Å². The Bertz CT molecular complexity index is 828. The summed E-state index contributed by atoms with van der Waals surface area (Å²) < 4.78 is 27.9. The quantitative estimate of drug-likeness (QED) is 0.572. The van der Waals surface area contributed by atoms with E-state index in [0.29, 0.717) is 19.4 Å². The molecule has 1 aromatic carbocycles. The van der Waals surface area contributed by atoms with Crippen LogP contribution in [-0.4, -0.2) is 45.6 Å². The minimum Gasteiger partial charge on any atom is -0.341 e. The normalized spacial score (nSPS) is 17.3. The predicted molar refractivity (Wildman–Crippen MR) is 95.4 cm³/mol. The fraction of sp³-hybridized carbons (Fsp3) is 0.412. The van der Waals surface area contributed by atoms with Gasteiger partial charge in [-0.3, -0.25) is 9.59 Å². The molecule has 0 saturated carbocycles. The lowest BCUT2D eigenvalue weighted by molar-refractivity contribution is -0.129. The first-order chi connectivity index (χ1) is 12.4. The lowest BCUT2D eigenvalue weighted by atomic mass is 9.89. The number of aryl methyl sites for hydroxylation is 1. The molecule has 2 heterocycles. The molecule has 1 aromatic heterocycles. The van der Waals surface area contributed by atoms with Gasteiger partial charge in [-0.2, -0.15) is 0 Å². The molecule has 2 aromatic rings. The Balaban J connectivity index is 1.62. The Morgan fingerprint density at radius 1 is 1.35 bits per heavy atom. The van der Waals surface area contributed by atoms with Crippen LogP contribution in [0.4, 0.5) is 8.78 Å². The van der Waals surface area contributed by atoms with Gasteiger partial charge in [0.05, 0.1) is 11.3 Å². The molecule has 0 bridgehead atoms. The maximum Gasteiger partial charge on any atom is 0.233 e. The number of halogens is 2. The first-order valence-corrected chi connectivity index (χ1v) is 9.94. The Kier molecular flexibility index (Phi) is 5.98. The zero-order chi connectivity index (χ0) is 18.7. The largest absolute Gasteiger partial charge is 0.341 e. The highest BCUT2D eigenvalue weighted by atomic mass is 32.2. The smallest absolute Gasteiger partial charge is 0.233 e. The second-order valence-electron chi connectivity index (χ2n) is 6.04. The maximum atomic E-state index is 13.9. The maximum absolute atomic E-state index is 13.9. The van der Waals surface area contributed by atoms with E-state index in [1.54, 1.807) is 4.90 Å². The van der Waals surface area contributed by atoms with E-state index >= 15 is 0 Å². The third-order valence-electron chi connectivity index (χ3n) is 4.17. The second-order valence-corrected chi connectivity index (χ2v) is 8.45. The summed E-state index contributed by atoms with van der Waals surface area (Å²) in [7, 11) is 0. The zero-order valence-corrected chi connectivity index (χ0v) is 15.7. The monoisotopic (exact) mass is 397 g/mol. The van der Waals surface area contributed by atoms with Gasteiger partial charge in [0.2, 0.25) is 5.91 Å². The van der Waals surface area contributed by atoms with Gasteiger partial charge in [0, 0.05) is 19.0 Å². The number of piperidine rings is 1. The number of ketones is 1. The summed E-state index contributed by atoms with van der Waals surface area (Å²) in [5.41, 5.74) is -0.247. The highest BCUT2D eigenvalue weighted by Gasteiger charge is 2.30. The highest BCUT2D eigenvalue weighted by molar-refractivity contribution is 8.01. The van der Waals surface area contributed by atoms with Gasteiger partial charge in [-0.25, -0.2) is 8.78 Å². The average Bonchev–Trinajstić information content (AvgIpc) is 3.06. The topological polar surface area (TPSA) is 63.2 Å². The molecule has 26 heavy (non-hydrogen) atoms. The molecule has 1 amide bonds. The van der Waals surface area contributed by atoms with Gasteiger partial charge >= 0.3 is 0 Å². The molecular weight excluding hydrogens is 380 g/mol. The number of aromatic nitrogens is 2. The van der Waals surface area contributed by atoms with E-state index in [1.165, 1.54) is 23.1 Å². The standard InChI is InChI=1S/C17H17F2N3O2S2/c1-10-20-21-17(26-10)25-9-15(23)22-6-2-3-11(8-22)16(24)13-7-12(18)4-5-14(13)19/h4-5,7,11H,2-3,6,8-9H2,1H3. The molecule has 1 saturated heterocycles. The molecule has 9 heteroatoms. The van der Waals surface area contributed by atoms with Gasteiger partial charge in [0.15, 0.2) is 10.1 Å². The van der Waals surface area contributed by atoms with Crippen molar-refractivity contribution >= 4 is 34.8 Å². The summed E-state index contributed by atoms with van der Waals surface area (Å²) in [5, 5.41) is 8.70. The van der Waals surface area contributed by atoms with Crippen LogP contribution in [0.5, 0.6) is 0 Å². The number of benzene rings is 1. The number of nitrogens with zero attached hydrogens (tertiary/aromatic N) is 3. The number of carbonyl (C=O) groups is 2. The Labute approximate surface area is 157 Å². The Hall–Kier alpha value is -1.87. The molecule has 0 aliphatic carbocycles. The van der Waals surface area contributed by atoms with Gasteiger partial charge in [0.25, 0.3) is 0 Å². The fourth-order valence-electron chi connectivity index (χ4n) is 2.88. The van der Waals surface area contributed by atoms with Crippen molar-refractivity contribution in [1.82, 2.24) is 15.1 Å². The summed E-state index contributed by atoms with van der Waals surface area (Å²) >= 11 is 2.73. The van der Waals surface area contributed by atoms with Gasteiger partial charge in [0.1, 0.15) is 16.6 Å². The molecule has 1 aliphatic rings. The molecule has 0 N–H and O–H groups in total. The molecule has 1 atom stereocenters. The molecule has 0 spiro atoms. The number of thioether (sulfide) groups is 1. The van der Waals surface area contributed by atoms with Crippen molar-refractivity contribution in [2.75, 3.05) is 18.8 Å². The lowest BCUT2D eigenvalue weighted by Crippen LogP contribution is -2.43. The minimum absolute atomic E-state index is 0.0972. The Morgan fingerprint density at radius 2 is 2.15 bits per heavy atom. The van der Waals surface area contributed by atoms with Gasteiger partial charge in [-0.05, 0) is 38.0 Å². The van der Waals surface area contributed by atoms with Crippen LogP contribution in [0.15, 0.2) is 22.5 Å². The number of likely N-dealkylation sites (tertiary alicyclic amines) is 1. The third kappa shape index (κ3) is 4.45. The summed E-state index contributed by atoms with van der Waals surface area (Å²) in [5.74, 6) is -2.24. The summed E-state index contributed by atoms with van der Waals surface area (Å²) in [6.45, 7) is 2.63. The first-order valence-electron chi connectivity index (χ1n) is 8.14. The van der Waals surface area contributed by atoms with Crippen molar-refractivity contribution in [2.24, 2.45) is 5.92 Å². The van der Waals surface area contributed by atoms with Crippen molar-refractivity contribution in [1.29, 1.82) is 0 Å². The van der Waals surface area contributed by atoms with E-state index in [0.717, 1.165) is 27.5 Å². The van der Waals surface area contributed by atoms with Crippen LogP contribution in [0.2, 0.25) is 0 Å². The zero-order valence-electron chi connectivity index (χ0n) is 14.1. The average molecular weight is 397 g/mol. The summed E-state index contributed by atoms with van der Waals surface area (Å²) in [4.78, 5) is 26.6. The predicted octanol–water partition coefficient (Wildman–Crippen LogP) is 3.34. The van der Waals surface area contributed by atoms with Crippen LogP contribution in [0.3, 0.4) is 0 Å². The molecule has 3 rings (SSSR count). The van der Waals surface area contributed by atoms with Crippen LogP contribution < -0.4 is 0 Å². The molecule has 0 radical (unpaired) electrons. The molecule has 138 valence electrons. The molecular formula is C17H17F2N3O2S2. The van der Waals surface area contributed by atoms with Crippen LogP contribution in [0, 0.1) is 24.5 Å². The number of amides is 1. The van der Waals surface area contributed by atoms with Gasteiger partial charge in [-0.15, -0.1) is 10.2 Å². The highest BCUT2D eigenvalue weighted by Crippen LogP contribution is 2.25. The summed E-state index contributed by atoms with van der Waals surface area (Å²) in [6.07, 6.45) is 1.21. The first kappa shape index (κ1) is 18.9. The molecule has 5 nitrogen and oxygen atoms in total. The Morgan fingerprint density at radius 3 is 2.88 bits per heavy atom. The number of Topliss-reactive ketones (excluding diaryl/α,β-unsaturated/α-hetero) is 1.